The Morgan fingerprint density at radius 3 is 2.56 bits per heavy atom. The fourth-order valence-electron chi connectivity index (χ4n) is 5.11. The molecule has 174 valence electrons. The summed E-state index contributed by atoms with van der Waals surface area (Å²) in [5.41, 5.74) is 7.13. The highest BCUT2D eigenvalue weighted by atomic mass is 32.1. The summed E-state index contributed by atoms with van der Waals surface area (Å²) < 4.78 is 14.1. The molecule has 2 aromatic carbocycles. The number of hydrogen-bond donors (Lipinski definition) is 1. The zero-order valence-electron chi connectivity index (χ0n) is 20.1. The second kappa shape index (κ2) is 8.20. The van der Waals surface area contributed by atoms with Crippen LogP contribution in [0.15, 0.2) is 66.9 Å². The van der Waals surface area contributed by atoms with Crippen molar-refractivity contribution in [1.29, 1.82) is 0 Å². The zero-order valence-corrected chi connectivity index (χ0v) is 20.9. The van der Waals surface area contributed by atoms with Crippen LogP contribution in [0.5, 0.6) is 0 Å². The number of aryl methyl sites for hydroxylation is 1. The summed E-state index contributed by atoms with van der Waals surface area (Å²) in [6.45, 7) is 8.40. The molecule has 3 aromatic rings. The van der Waals surface area contributed by atoms with E-state index in [1.807, 2.05) is 24.3 Å². The van der Waals surface area contributed by atoms with Crippen molar-refractivity contribution in [2.45, 2.75) is 45.3 Å². The second-order valence-corrected chi connectivity index (χ2v) is 10.1. The summed E-state index contributed by atoms with van der Waals surface area (Å²) in [6, 6.07) is 17.5. The molecular formula is C28H29FN4S. The molecule has 0 radical (unpaired) electrons. The SMILES string of the molecule is CC1=CC(C)(C)N(C)c2ccc([C@H]3[C@@H](c4ccccn4)NC(=S)N3c3ccc(F)c(C)c3)cc21. The van der Waals surface area contributed by atoms with E-state index in [2.05, 4.69) is 72.2 Å². The molecule has 0 unspecified atom stereocenters. The van der Waals surface area contributed by atoms with Crippen LogP contribution in [-0.2, 0) is 0 Å². The van der Waals surface area contributed by atoms with Crippen molar-refractivity contribution < 1.29 is 4.39 Å². The highest BCUT2D eigenvalue weighted by Crippen LogP contribution is 2.45. The van der Waals surface area contributed by atoms with Crippen LogP contribution < -0.4 is 15.1 Å². The minimum atomic E-state index is -0.222. The molecule has 1 fully saturated rings. The first kappa shape index (κ1) is 22.5. The Morgan fingerprint density at radius 1 is 1.06 bits per heavy atom. The summed E-state index contributed by atoms with van der Waals surface area (Å²) in [6.07, 6.45) is 4.12. The summed E-state index contributed by atoms with van der Waals surface area (Å²) in [4.78, 5) is 9.04. The lowest BCUT2D eigenvalue weighted by molar-refractivity contribution is 0.566. The summed E-state index contributed by atoms with van der Waals surface area (Å²) >= 11 is 5.82. The number of thiocarbonyl (C=S) groups is 1. The van der Waals surface area contributed by atoms with Crippen molar-refractivity contribution in [3.63, 3.8) is 0 Å². The highest BCUT2D eigenvalue weighted by Gasteiger charge is 2.41. The third-order valence-corrected chi connectivity index (χ3v) is 7.41. The van der Waals surface area contributed by atoms with Crippen molar-refractivity contribution in [1.82, 2.24) is 10.3 Å². The first-order valence-electron chi connectivity index (χ1n) is 11.5. The smallest absolute Gasteiger partial charge is 0.174 e. The topological polar surface area (TPSA) is 31.4 Å². The van der Waals surface area contributed by atoms with Gasteiger partial charge in [-0.05, 0) is 99.1 Å². The van der Waals surface area contributed by atoms with E-state index in [0.29, 0.717) is 10.7 Å². The largest absolute Gasteiger partial charge is 0.366 e. The third-order valence-electron chi connectivity index (χ3n) is 7.10. The van der Waals surface area contributed by atoms with Crippen LogP contribution in [0.1, 0.15) is 55.2 Å². The molecule has 5 rings (SSSR count). The minimum Gasteiger partial charge on any atom is -0.366 e. The molecule has 0 saturated carbocycles. The van der Waals surface area contributed by atoms with Gasteiger partial charge >= 0.3 is 0 Å². The van der Waals surface area contributed by atoms with Crippen LogP contribution in [0.4, 0.5) is 15.8 Å². The van der Waals surface area contributed by atoms with Gasteiger partial charge in [-0.3, -0.25) is 4.98 Å². The molecule has 2 aliphatic rings. The average Bonchev–Trinajstić information content (AvgIpc) is 3.16. The van der Waals surface area contributed by atoms with Gasteiger partial charge in [0.25, 0.3) is 0 Å². The van der Waals surface area contributed by atoms with Crippen molar-refractivity contribution in [3.05, 3.63) is 95.1 Å². The average molecular weight is 473 g/mol. The number of nitrogens with one attached hydrogen (secondary N) is 1. The maximum Gasteiger partial charge on any atom is 0.174 e. The number of nitrogens with zero attached hydrogens (tertiary/aromatic N) is 3. The number of allylic oxidation sites excluding steroid dienone is 1. The van der Waals surface area contributed by atoms with Gasteiger partial charge in [-0.25, -0.2) is 4.39 Å². The number of likely N-dealkylation sites (N-methyl/N-ethyl adjacent to an activating group) is 1. The number of rotatable bonds is 3. The fraction of sp³-hybridized carbons (Fsp3) is 0.286. The Bertz CT molecular complexity index is 1300. The fourth-order valence-corrected chi connectivity index (χ4v) is 5.46. The van der Waals surface area contributed by atoms with E-state index in [1.54, 1.807) is 19.2 Å². The Kier molecular flexibility index (Phi) is 5.44. The molecule has 34 heavy (non-hydrogen) atoms. The molecule has 1 aromatic heterocycles. The van der Waals surface area contributed by atoms with Gasteiger partial charge in [0.15, 0.2) is 5.11 Å². The van der Waals surface area contributed by atoms with E-state index < -0.39 is 0 Å². The van der Waals surface area contributed by atoms with E-state index in [1.165, 1.54) is 22.9 Å². The molecule has 0 bridgehead atoms. The molecule has 4 nitrogen and oxygen atoms in total. The highest BCUT2D eigenvalue weighted by molar-refractivity contribution is 7.80. The van der Waals surface area contributed by atoms with Gasteiger partial charge < -0.3 is 15.1 Å². The molecule has 3 heterocycles. The van der Waals surface area contributed by atoms with Gasteiger partial charge in [0, 0.05) is 30.2 Å². The van der Waals surface area contributed by atoms with Gasteiger partial charge in [0.2, 0.25) is 0 Å². The Labute approximate surface area is 206 Å². The number of hydrogen-bond acceptors (Lipinski definition) is 3. The molecule has 0 aliphatic carbocycles. The van der Waals surface area contributed by atoms with Crippen LogP contribution in [-0.4, -0.2) is 22.7 Å². The van der Waals surface area contributed by atoms with Gasteiger partial charge in [0.05, 0.1) is 23.3 Å². The summed E-state index contributed by atoms with van der Waals surface area (Å²) in [5.74, 6) is -0.222. The van der Waals surface area contributed by atoms with Crippen molar-refractivity contribution >= 4 is 34.3 Å². The standard InChI is InChI=1S/C28H29FN4S/c1-17-14-20(10-11-22(17)29)33-26(25(31-27(33)34)23-8-6-7-13-30-23)19-9-12-24-21(15-19)18(2)16-28(3,4)32(24)5/h6-16,25-26H,1-5H3,(H,31,34)/t25-,26+/m1/s1. The van der Waals surface area contributed by atoms with Crippen LogP contribution in [0, 0.1) is 12.7 Å². The third kappa shape index (κ3) is 3.66. The van der Waals surface area contributed by atoms with E-state index in [0.717, 1.165) is 16.9 Å². The minimum absolute atomic E-state index is 0.0523. The molecule has 2 atom stereocenters. The van der Waals surface area contributed by atoms with E-state index in [4.69, 9.17) is 12.2 Å². The summed E-state index contributed by atoms with van der Waals surface area (Å²) in [7, 11) is 2.14. The maximum absolute atomic E-state index is 14.1. The number of pyridine rings is 1. The molecule has 1 saturated heterocycles. The second-order valence-electron chi connectivity index (χ2n) is 9.75. The number of anilines is 2. The number of benzene rings is 2. The van der Waals surface area contributed by atoms with Crippen LogP contribution in [0.2, 0.25) is 0 Å². The Morgan fingerprint density at radius 2 is 1.85 bits per heavy atom. The number of aromatic nitrogens is 1. The molecule has 2 aliphatic heterocycles. The van der Waals surface area contributed by atoms with Gasteiger partial charge in [-0.15, -0.1) is 0 Å². The molecule has 0 spiro atoms. The summed E-state index contributed by atoms with van der Waals surface area (Å²) in [5, 5.41) is 4.10. The first-order valence-corrected chi connectivity index (χ1v) is 11.9. The normalized spacial score (nSPS) is 21.2. The lowest BCUT2D eigenvalue weighted by atomic mass is 9.86. The monoisotopic (exact) mass is 472 g/mol. The van der Waals surface area contributed by atoms with Crippen molar-refractivity contribution in [3.8, 4) is 0 Å². The van der Waals surface area contributed by atoms with E-state index in [9.17, 15) is 4.39 Å². The predicted molar refractivity (Wildman–Crippen MR) is 142 cm³/mol. The lowest BCUT2D eigenvalue weighted by Gasteiger charge is -2.41. The quantitative estimate of drug-likeness (QED) is 0.450. The van der Waals surface area contributed by atoms with Gasteiger partial charge in [-0.1, -0.05) is 18.2 Å². The Balaban J connectivity index is 1.67. The van der Waals surface area contributed by atoms with Crippen molar-refractivity contribution in [2.75, 3.05) is 16.8 Å². The first-order chi connectivity index (χ1) is 16.2. The number of fused-ring (bicyclic) bond motifs is 1. The van der Waals surface area contributed by atoms with Crippen LogP contribution in [0.25, 0.3) is 5.57 Å². The van der Waals surface area contributed by atoms with E-state index in [-0.39, 0.29) is 23.4 Å². The molecular weight excluding hydrogens is 443 g/mol. The molecule has 6 heteroatoms. The molecule has 1 N–H and O–H groups in total. The maximum atomic E-state index is 14.1. The number of halogens is 1. The Hall–Kier alpha value is -3.25. The lowest BCUT2D eigenvalue weighted by Crippen LogP contribution is -2.42. The van der Waals surface area contributed by atoms with Crippen LogP contribution in [0.3, 0.4) is 0 Å². The van der Waals surface area contributed by atoms with E-state index >= 15 is 0 Å². The van der Waals surface area contributed by atoms with Crippen LogP contribution >= 0.6 is 12.2 Å². The molecule has 0 amide bonds. The van der Waals surface area contributed by atoms with Gasteiger partial charge in [-0.2, -0.15) is 0 Å². The van der Waals surface area contributed by atoms with Gasteiger partial charge in [0.1, 0.15) is 5.82 Å². The zero-order chi connectivity index (χ0) is 24.2. The predicted octanol–water partition coefficient (Wildman–Crippen LogP) is 6.34. The van der Waals surface area contributed by atoms with Crippen molar-refractivity contribution in [2.24, 2.45) is 0 Å².